The van der Waals surface area contributed by atoms with Crippen molar-refractivity contribution in [3.8, 4) is 17.6 Å². The molecule has 4 aromatic carbocycles. The maximum atomic E-state index is 12.7. The maximum Gasteiger partial charge on any atom is 0.315 e. The summed E-state index contributed by atoms with van der Waals surface area (Å²) in [6.07, 6.45) is 0.114. The number of fused-ring (bicyclic) bond motifs is 2. The smallest absolute Gasteiger partial charge is 0.315 e. The van der Waals surface area contributed by atoms with Crippen molar-refractivity contribution in [2.75, 3.05) is 0 Å². The molecule has 1 heterocycles. The molecule has 172 valence electrons. The lowest BCUT2D eigenvalue weighted by Crippen LogP contribution is -2.21. The lowest BCUT2D eigenvalue weighted by atomic mass is 9.83. The van der Waals surface area contributed by atoms with Gasteiger partial charge in [-0.2, -0.15) is 5.26 Å². The van der Waals surface area contributed by atoms with Crippen LogP contribution in [0.2, 0.25) is 10.0 Å². The fourth-order valence-corrected chi connectivity index (χ4v) is 4.84. The molecule has 0 bridgehead atoms. The molecule has 1 atom stereocenters. The Hall–Kier alpha value is -3.98. The SMILES string of the molecule is N#CC1=C(N)Oc2cc(OC(=O)Cc3cccc4ccccc34)ccc2C1c1ccc(Cl)cc1Cl. The van der Waals surface area contributed by atoms with Crippen LogP contribution in [-0.2, 0) is 11.2 Å². The quantitative estimate of drug-likeness (QED) is 0.255. The summed E-state index contributed by atoms with van der Waals surface area (Å²) in [7, 11) is 0. The number of ether oxygens (including phenoxy) is 2. The molecule has 0 saturated carbocycles. The second kappa shape index (κ2) is 9.34. The van der Waals surface area contributed by atoms with Gasteiger partial charge >= 0.3 is 5.97 Å². The van der Waals surface area contributed by atoms with Crippen LogP contribution in [-0.4, -0.2) is 5.97 Å². The predicted octanol–water partition coefficient (Wildman–Crippen LogP) is 6.51. The molecular weight excluding hydrogens is 483 g/mol. The van der Waals surface area contributed by atoms with E-state index in [2.05, 4.69) is 6.07 Å². The molecule has 0 fully saturated rings. The zero-order valence-electron chi connectivity index (χ0n) is 18.3. The maximum absolute atomic E-state index is 12.7. The fourth-order valence-electron chi connectivity index (χ4n) is 4.32. The molecule has 0 radical (unpaired) electrons. The summed E-state index contributed by atoms with van der Waals surface area (Å²) >= 11 is 12.5. The van der Waals surface area contributed by atoms with Crippen LogP contribution < -0.4 is 15.2 Å². The Kier molecular flexibility index (Phi) is 6.08. The zero-order chi connectivity index (χ0) is 24.5. The van der Waals surface area contributed by atoms with Crippen molar-refractivity contribution >= 4 is 39.9 Å². The highest BCUT2D eigenvalue weighted by atomic mass is 35.5. The fraction of sp³-hybridized carbons (Fsp3) is 0.0714. The number of hydrogen-bond acceptors (Lipinski definition) is 5. The Balaban J connectivity index is 1.44. The summed E-state index contributed by atoms with van der Waals surface area (Å²) < 4.78 is 11.3. The predicted molar refractivity (Wildman–Crippen MR) is 135 cm³/mol. The molecule has 7 heteroatoms. The number of rotatable bonds is 4. The van der Waals surface area contributed by atoms with E-state index in [4.69, 9.17) is 38.4 Å². The molecule has 35 heavy (non-hydrogen) atoms. The van der Waals surface area contributed by atoms with Crippen molar-refractivity contribution in [1.82, 2.24) is 0 Å². The average molecular weight is 501 g/mol. The highest BCUT2D eigenvalue weighted by molar-refractivity contribution is 6.35. The molecule has 0 aliphatic carbocycles. The Labute approximate surface area is 211 Å². The molecule has 0 spiro atoms. The van der Waals surface area contributed by atoms with Gasteiger partial charge in [0.15, 0.2) is 0 Å². The molecule has 0 saturated heterocycles. The van der Waals surface area contributed by atoms with E-state index in [0.29, 0.717) is 32.7 Å². The van der Waals surface area contributed by atoms with Gasteiger partial charge < -0.3 is 15.2 Å². The van der Waals surface area contributed by atoms with E-state index < -0.39 is 11.9 Å². The van der Waals surface area contributed by atoms with Crippen molar-refractivity contribution in [2.24, 2.45) is 5.73 Å². The van der Waals surface area contributed by atoms with E-state index in [1.54, 1.807) is 36.4 Å². The van der Waals surface area contributed by atoms with E-state index in [1.807, 2.05) is 42.5 Å². The molecule has 1 aliphatic heterocycles. The first-order valence-electron chi connectivity index (χ1n) is 10.8. The molecule has 2 N–H and O–H groups in total. The van der Waals surface area contributed by atoms with Crippen LogP contribution in [0.5, 0.6) is 11.5 Å². The van der Waals surface area contributed by atoms with Crippen LogP contribution in [0.4, 0.5) is 0 Å². The Morgan fingerprint density at radius 2 is 1.77 bits per heavy atom. The van der Waals surface area contributed by atoms with E-state index in [9.17, 15) is 10.1 Å². The normalized spacial score (nSPS) is 14.7. The van der Waals surface area contributed by atoms with Gasteiger partial charge in [-0.3, -0.25) is 4.79 Å². The molecule has 5 rings (SSSR count). The summed E-state index contributed by atoms with van der Waals surface area (Å²) in [4.78, 5) is 12.7. The van der Waals surface area contributed by atoms with Crippen LogP contribution in [0.15, 0.2) is 90.3 Å². The summed E-state index contributed by atoms with van der Waals surface area (Å²) in [5, 5.41) is 12.7. The summed E-state index contributed by atoms with van der Waals surface area (Å²) in [5.41, 5.74) is 8.54. The first kappa shape index (κ1) is 22.8. The summed E-state index contributed by atoms with van der Waals surface area (Å²) in [6, 6.07) is 25.9. The number of benzene rings is 4. The zero-order valence-corrected chi connectivity index (χ0v) is 19.8. The van der Waals surface area contributed by atoms with Gasteiger partial charge in [-0.05, 0) is 40.1 Å². The minimum Gasteiger partial charge on any atom is -0.440 e. The monoisotopic (exact) mass is 500 g/mol. The summed E-state index contributed by atoms with van der Waals surface area (Å²) in [5.74, 6) is -0.295. The first-order valence-corrected chi connectivity index (χ1v) is 11.5. The molecule has 1 unspecified atom stereocenters. The molecule has 5 nitrogen and oxygen atoms in total. The standard InChI is InChI=1S/C28H18Cl2N2O3/c29-18-8-10-21(24(30)13-18)27-22-11-9-19(14-25(22)35-28(32)23(27)15-31)34-26(33)12-17-6-3-5-16-4-1-2-7-20(16)17/h1-11,13-14,27H,12,32H2. The number of carbonyl (C=O) groups excluding carboxylic acids is 1. The van der Waals surface area contributed by atoms with Gasteiger partial charge in [-0.1, -0.05) is 77.8 Å². The number of hydrogen-bond donors (Lipinski definition) is 1. The van der Waals surface area contributed by atoms with E-state index in [0.717, 1.165) is 16.3 Å². The molecular formula is C28H18Cl2N2O3. The second-order valence-electron chi connectivity index (χ2n) is 8.08. The van der Waals surface area contributed by atoms with Crippen LogP contribution in [0.1, 0.15) is 22.6 Å². The van der Waals surface area contributed by atoms with Crippen molar-refractivity contribution < 1.29 is 14.3 Å². The van der Waals surface area contributed by atoms with Crippen molar-refractivity contribution in [3.05, 3.63) is 117 Å². The molecule has 0 aromatic heterocycles. The van der Waals surface area contributed by atoms with Crippen molar-refractivity contribution in [2.45, 2.75) is 12.3 Å². The molecule has 0 amide bonds. The van der Waals surface area contributed by atoms with Gasteiger partial charge in [0.05, 0.1) is 12.3 Å². The Bertz CT molecular complexity index is 1550. The minimum atomic E-state index is -0.547. The van der Waals surface area contributed by atoms with Gasteiger partial charge in [0.25, 0.3) is 0 Å². The Morgan fingerprint density at radius 3 is 2.57 bits per heavy atom. The average Bonchev–Trinajstić information content (AvgIpc) is 2.83. The number of halogens is 2. The van der Waals surface area contributed by atoms with Gasteiger partial charge in [-0.15, -0.1) is 0 Å². The third-order valence-electron chi connectivity index (χ3n) is 5.91. The number of nitrogens with zero attached hydrogens (tertiary/aromatic N) is 1. The second-order valence-corrected chi connectivity index (χ2v) is 8.92. The van der Waals surface area contributed by atoms with Gasteiger partial charge in [0.2, 0.25) is 5.88 Å². The highest BCUT2D eigenvalue weighted by Crippen LogP contribution is 2.45. The van der Waals surface area contributed by atoms with Gasteiger partial charge in [0, 0.05) is 21.7 Å². The number of nitrogens with two attached hydrogens (primary N) is 1. The lowest BCUT2D eigenvalue weighted by Gasteiger charge is -2.27. The van der Waals surface area contributed by atoms with E-state index in [-0.39, 0.29) is 17.9 Å². The third-order valence-corrected chi connectivity index (χ3v) is 6.47. The highest BCUT2D eigenvalue weighted by Gasteiger charge is 2.32. The van der Waals surface area contributed by atoms with Gasteiger partial charge in [-0.25, -0.2) is 0 Å². The van der Waals surface area contributed by atoms with Crippen LogP contribution in [0, 0.1) is 11.3 Å². The molecule has 4 aromatic rings. The number of esters is 1. The topological polar surface area (TPSA) is 85.3 Å². The minimum absolute atomic E-state index is 0.0322. The van der Waals surface area contributed by atoms with Crippen molar-refractivity contribution in [3.63, 3.8) is 0 Å². The van der Waals surface area contributed by atoms with Gasteiger partial charge in [0.1, 0.15) is 23.1 Å². The largest absolute Gasteiger partial charge is 0.440 e. The Morgan fingerprint density at radius 1 is 1.00 bits per heavy atom. The van der Waals surface area contributed by atoms with E-state index >= 15 is 0 Å². The van der Waals surface area contributed by atoms with Crippen LogP contribution in [0.3, 0.4) is 0 Å². The number of nitriles is 1. The van der Waals surface area contributed by atoms with Crippen LogP contribution >= 0.6 is 23.2 Å². The number of allylic oxidation sites excluding steroid dienone is 1. The molecule has 1 aliphatic rings. The summed E-state index contributed by atoms with van der Waals surface area (Å²) in [6.45, 7) is 0. The third kappa shape index (κ3) is 4.42. The van der Waals surface area contributed by atoms with Crippen molar-refractivity contribution in [1.29, 1.82) is 5.26 Å². The lowest BCUT2D eigenvalue weighted by molar-refractivity contribution is -0.133. The number of carbonyl (C=O) groups is 1. The first-order chi connectivity index (χ1) is 16.9. The van der Waals surface area contributed by atoms with E-state index in [1.165, 1.54) is 0 Å². The van der Waals surface area contributed by atoms with Crippen LogP contribution in [0.25, 0.3) is 10.8 Å².